The van der Waals surface area contributed by atoms with Crippen LogP contribution in [0.5, 0.6) is 5.75 Å². The molecule has 0 bridgehead atoms. The fourth-order valence-electron chi connectivity index (χ4n) is 3.11. The van der Waals surface area contributed by atoms with E-state index in [1.165, 1.54) is 18.2 Å². The molecule has 1 fully saturated rings. The van der Waals surface area contributed by atoms with Crippen molar-refractivity contribution in [1.29, 1.82) is 0 Å². The average Bonchev–Trinajstić information content (AvgIpc) is 2.72. The number of piperidine rings is 1. The number of benzene rings is 2. The van der Waals surface area contributed by atoms with Crippen LogP contribution in [0.15, 0.2) is 59.5 Å². The molecule has 1 heterocycles. The first-order chi connectivity index (χ1) is 13.5. The van der Waals surface area contributed by atoms with E-state index in [-0.39, 0.29) is 29.9 Å². The number of hydrogen-bond acceptors (Lipinski definition) is 4. The maximum atomic E-state index is 13.7. The second kappa shape index (κ2) is 9.16. The number of ether oxygens (including phenoxy) is 1. The number of carbonyl (C=O) groups excluding carboxylic acids is 1. The van der Waals surface area contributed by atoms with Crippen LogP contribution in [-0.4, -0.2) is 45.5 Å². The minimum absolute atomic E-state index is 0.0193. The second-order valence-corrected chi connectivity index (χ2v) is 8.44. The summed E-state index contributed by atoms with van der Waals surface area (Å²) in [6.45, 7) is 1.29. The number of halogens is 1. The van der Waals surface area contributed by atoms with E-state index < -0.39 is 15.8 Å². The summed E-state index contributed by atoms with van der Waals surface area (Å²) in [4.78, 5) is 13.6. The van der Waals surface area contributed by atoms with Gasteiger partial charge in [0, 0.05) is 19.6 Å². The molecule has 1 saturated heterocycles. The summed E-state index contributed by atoms with van der Waals surface area (Å²) in [5.74, 6) is -0.114. The molecule has 0 saturated carbocycles. The number of hydrogen-bond donors (Lipinski definition) is 1. The van der Waals surface area contributed by atoms with Crippen LogP contribution in [0.2, 0.25) is 0 Å². The standard InChI is InChI=1S/C20H23FN2O4S/c21-18-8-4-5-9-19(18)28(25,26)22-14-16-10-12-23(13-11-16)20(24)15-27-17-6-2-1-3-7-17/h1-9,16,22H,10-15H2. The summed E-state index contributed by atoms with van der Waals surface area (Å²) in [7, 11) is -3.88. The molecule has 6 nitrogen and oxygen atoms in total. The third kappa shape index (κ3) is 5.30. The highest BCUT2D eigenvalue weighted by Crippen LogP contribution is 2.19. The smallest absolute Gasteiger partial charge is 0.260 e. The first-order valence-corrected chi connectivity index (χ1v) is 10.6. The van der Waals surface area contributed by atoms with Crippen molar-refractivity contribution < 1.29 is 22.3 Å². The topological polar surface area (TPSA) is 75.7 Å². The van der Waals surface area contributed by atoms with Gasteiger partial charge in [0.25, 0.3) is 5.91 Å². The molecule has 1 aliphatic rings. The number of rotatable bonds is 7. The van der Waals surface area contributed by atoms with Gasteiger partial charge in [-0.15, -0.1) is 0 Å². The van der Waals surface area contributed by atoms with Crippen LogP contribution >= 0.6 is 0 Å². The van der Waals surface area contributed by atoms with E-state index >= 15 is 0 Å². The van der Waals surface area contributed by atoms with E-state index in [0.717, 1.165) is 6.07 Å². The Balaban J connectivity index is 1.44. The second-order valence-electron chi connectivity index (χ2n) is 6.71. The Morgan fingerprint density at radius 3 is 2.39 bits per heavy atom. The number of likely N-dealkylation sites (tertiary alicyclic amines) is 1. The molecule has 1 N–H and O–H groups in total. The van der Waals surface area contributed by atoms with Crippen LogP contribution in [0.1, 0.15) is 12.8 Å². The molecular weight excluding hydrogens is 383 g/mol. The van der Waals surface area contributed by atoms with E-state index in [0.29, 0.717) is 31.7 Å². The highest BCUT2D eigenvalue weighted by molar-refractivity contribution is 7.89. The monoisotopic (exact) mass is 406 g/mol. The van der Waals surface area contributed by atoms with E-state index in [2.05, 4.69) is 4.72 Å². The largest absolute Gasteiger partial charge is 0.484 e. The third-order valence-electron chi connectivity index (χ3n) is 4.76. The molecule has 0 radical (unpaired) electrons. The normalized spacial score (nSPS) is 15.4. The SMILES string of the molecule is O=C(COc1ccccc1)N1CCC(CNS(=O)(=O)c2ccccc2F)CC1. The Kier molecular flexibility index (Phi) is 6.64. The Labute approximate surface area is 164 Å². The van der Waals surface area contributed by atoms with Gasteiger partial charge in [-0.25, -0.2) is 17.5 Å². The van der Waals surface area contributed by atoms with Crippen molar-refractivity contribution >= 4 is 15.9 Å². The Morgan fingerprint density at radius 2 is 1.71 bits per heavy atom. The summed E-state index contributed by atoms with van der Waals surface area (Å²) in [6.07, 6.45) is 1.35. The minimum Gasteiger partial charge on any atom is -0.484 e. The molecule has 1 aliphatic heterocycles. The van der Waals surface area contributed by atoms with Gasteiger partial charge in [0.2, 0.25) is 10.0 Å². The zero-order chi connectivity index (χ0) is 20.0. The molecule has 0 aliphatic carbocycles. The lowest BCUT2D eigenvalue weighted by Crippen LogP contribution is -2.43. The summed E-state index contributed by atoms with van der Waals surface area (Å²) >= 11 is 0. The number of para-hydroxylation sites is 1. The molecule has 0 unspecified atom stereocenters. The van der Waals surface area contributed by atoms with Crippen molar-refractivity contribution in [1.82, 2.24) is 9.62 Å². The molecule has 150 valence electrons. The minimum atomic E-state index is -3.88. The highest BCUT2D eigenvalue weighted by Gasteiger charge is 2.25. The van der Waals surface area contributed by atoms with Crippen molar-refractivity contribution in [3.05, 3.63) is 60.4 Å². The lowest BCUT2D eigenvalue weighted by molar-refractivity contribution is -0.134. The van der Waals surface area contributed by atoms with Crippen LogP contribution in [0.4, 0.5) is 4.39 Å². The van der Waals surface area contributed by atoms with E-state index in [1.54, 1.807) is 17.0 Å². The molecule has 8 heteroatoms. The lowest BCUT2D eigenvalue weighted by atomic mass is 9.97. The molecule has 0 atom stereocenters. The number of sulfonamides is 1. The quantitative estimate of drug-likeness (QED) is 0.766. The van der Waals surface area contributed by atoms with E-state index in [4.69, 9.17) is 4.74 Å². The molecule has 1 amide bonds. The highest BCUT2D eigenvalue weighted by atomic mass is 32.2. The number of nitrogens with zero attached hydrogens (tertiary/aromatic N) is 1. The first kappa shape index (κ1) is 20.3. The first-order valence-electron chi connectivity index (χ1n) is 9.15. The van der Waals surface area contributed by atoms with Crippen LogP contribution in [0.25, 0.3) is 0 Å². The number of carbonyl (C=O) groups is 1. The predicted molar refractivity (Wildman–Crippen MR) is 103 cm³/mol. The van der Waals surface area contributed by atoms with Gasteiger partial charge in [0.05, 0.1) is 0 Å². The van der Waals surface area contributed by atoms with Gasteiger partial charge in [-0.3, -0.25) is 4.79 Å². The Bertz CT molecular complexity index is 897. The van der Waals surface area contributed by atoms with Crippen molar-refractivity contribution in [2.24, 2.45) is 5.92 Å². The van der Waals surface area contributed by atoms with Gasteiger partial charge in [-0.1, -0.05) is 30.3 Å². The maximum Gasteiger partial charge on any atom is 0.260 e. The van der Waals surface area contributed by atoms with E-state index in [9.17, 15) is 17.6 Å². The van der Waals surface area contributed by atoms with Crippen LogP contribution in [0.3, 0.4) is 0 Å². The Morgan fingerprint density at radius 1 is 1.07 bits per heavy atom. The summed E-state index contributed by atoms with van der Waals surface area (Å²) in [5.41, 5.74) is 0. The van der Waals surface area contributed by atoms with Gasteiger partial charge in [-0.05, 0) is 43.0 Å². The van der Waals surface area contributed by atoms with Crippen molar-refractivity contribution in [2.75, 3.05) is 26.2 Å². The van der Waals surface area contributed by atoms with E-state index in [1.807, 2.05) is 18.2 Å². The van der Waals surface area contributed by atoms with Crippen molar-refractivity contribution in [3.8, 4) is 5.75 Å². The summed E-state index contributed by atoms with van der Waals surface area (Å²) < 4.78 is 46.2. The number of nitrogens with one attached hydrogen (secondary N) is 1. The molecular formula is C20H23FN2O4S. The fraction of sp³-hybridized carbons (Fsp3) is 0.350. The molecule has 28 heavy (non-hydrogen) atoms. The zero-order valence-electron chi connectivity index (χ0n) is 15.4. The van der Waals surface area contributed by atoms with Gasteiger partial charge in [0.15, 0.2) is 6.61 Å². The number of amides is 1. The molecule has 0 spiro atoms. The molecule has 2 aromatic carbocycles. The fourth-order valence-corrected chi connectivity index (χ4v) is 4.30. The summed E-state index contributed by atoms with van der Waals surface area (Å²) in [5, 5.41) is 0. The van der Waals surface area contributed by atoms with Gasteiger partial charge >= 0.3 is 0 Å². The van der Waals surface area contributed by atoms with Crippen LogP contribution in [0, 0.1) is 11.7 Å². The van der Waals surface area contributed by atoms with Crippen molar-refractivity contribution in [2.45, 2.75) is 17.7 Å². The predicted octanol–water partition coefficient (Wildman–Crippen LogP) is 2.42. The lowest BCUT2D eigenvalue weighted by Gasteiger charge is -2.32. The van der Waals surface area contributed by atoms with Crippen LogP contribution in [-0.2, 0) is 14.8 Å². The van der Waals surface area contributed by atoms with Gasteiger partial charge in [0.1, 0.15) is 16.5 Å². The summed E-state index contributed by atoms with van der Waals surface area (Å²) in [6, 6.07) is 14.4. The van der Waals surface area contributed by atoms with Gasteiger partial charge in [-0.2, -0.15) is 0 Å². The maximum absolute atomic E-state index is 13.7. The zero-order valence-corrected chi connectivity index (χ0v) is 16.2. The van der Waals surface area contributed by atoms with Crippen LogP contribution < -0.4 is 9.46 Å². The molecule has 2 aromatic rings. The molecule has 3 rings (SSSR count). The Hall–Kier alpha value is -2.45. The third-order valence-corrected chi connectivity index (χ3v) is 6.22. The van der Waals surface area contributed by atoms with Gasteiger partial charge < -0.3 is 9.64 Å². The molecule has 0 aromatic heterocycles. The van der Waals surface area contributed by atoms with Crippen molar-refractivity contribution in [3.63, 3.8) is 0 Å². The average molecular weight is 406 g/mol.